The van der Waals surface area contributed by atoms with Gasteiger partial charge in [0.2, 0.25) is 4.69 Å². The Morgan fingerprint density at radius 1 is 1.78 bits per heavy atom. The van der Waals surface area contributed by atoms with E-state index in [0.717, 1.165) is 5.69 Å². The van der Waals surface area contributed by atoms with Gasteiger partial charge in [0.25, 0.3) is 0 Å². The first-order chi connectivity index (χ1) is 4.29. The van der Waals surface area contributed by atoms with E-state index in [9.17, 15) is 4.79 Å². The average Bonchev–Trinajstić information content (AvgIpc) is 2.15. The number of aromatic amines is 1. The normalized spacial score (nSPS) is 9.44. The summed E-state index contributed by atoms with van der Waals surface area (Å²) in [5.74, 6) is 0. The van der Waals surface area contributed by atoms with Crippen LogP contribution in [0.1, 0.15) is 5.69 Å². The molecule has 0 bridgehead atoms. The zero-order valence-electron chi connectivity index (χ0n) is 4.73. The maximum absolute atomic E-state index is 10.4. The summed E-state index contributed by atoms with van der Waals surface area (Å²) >= 11 is 2.84. The van der Waals surface area contributed by atoms with Gasteiger partial charge >= 0.3 is 0 Å². The molecule has 2 nitrogen and oxygen atoms in total. The highest BCUT2D eigenvalue weighted by Gasteiger charge is 1.96. The third-order valence-electron chi connectivity index (χ3n) is 0.992. The maximum atomic E-state index is 10.4. The van der Waals surface area contributed by atoms with Gasteiger partial charge in [0.05, 0.1) is 6.42 Å². The first-order valence-electron chi connectivity index (χ1n) is 2.59. The molecule has 0 unspecified atom stereocenters. The minimum absolute atomic E-state index is 0.00458. The first-order valence-corrected chi connectivity index (χ1v) is 3.39. The van der Waals surface area contributed by atoms with Gasteiger partial charge in [0.1, 0.15) is 0 Å². The van der Waals surface area contributed by atoms with Crippen LogP contribution < -0.4 is 0 Å². The molecule has 3 heteroatoms. The monoisotopic (exact) mass is 187 g/mol. The van der Waals surface area contributed by atoms with Crippen molar-refractivity contribution >= 4 is 20.6 Å². The lowest BCUT2D eigenvalue weighted by molar-refractivity contribution is -0.109. The van der Waals surface area contributed by atoms with Crippen molar-refractivity contribution in [2.24, 2.45) is 0 Å². The number of carbonyl (C=O) groups excluding carboxylic acids is 1. The van der Waals surface area contributed by atoms with Crippen LogP contribution in [0.25, 0.3) is 0 Å². The van der Waals surface area contributed by atoms with Gasteiger partial charge in [-0.05, 0) is 28.1 Å². The Morgan fingerprint density at radius 2 is 2.56 bits per heavy atom. The molecular weight excluding hydrogens is 182 g/mol. The predicted molar refractivity (Wildman–Crippen MR) is 38.4 cm³/mol. The predicted octanol–water partition coefficient (Wildman–Crippen LogP) is 1.48. The number of carbonyl (C=O) groups is 1. The molecule has 0 saturated carbocycles. The van der Waals surface area contributed by atoms with Gasteiger partial charge in [-0.1, -0.05) is 0 Å². The van der Waals surface area contributed by atoms with E-state index in [0.29, 0.717) is 6.42 Å². The SMILES string of the molecule is O=C(Br)Cc1ccc[nH]1. The highest BCUT2D eigenvalue weighted by molar-refractivity contribution is 9.18. The Labute approximate surface area is 61.4 Å². The lowest BCUT2D eigenvalue weighted by atomic mass is 10.3. The van der Waals surface area contributed by atoms with Crippen LogP contribution >= 0.6 is 15.9 Å². The van der Waals surface area contributed by atoms with Crippen molar-refractivity contribution in [1.29, 1.82) is 0 Å². The molecule has 0 fully saturated rings. The summed E-state index contributed by atoms with van der Waals surface area (Å²) in [6.07, 6.45) is 2.23. The van der Waals surface area contributed by atoms with Crippen LogP contribution in [-0.2, 0) is 11.2 Å². The number of halogens is 1. The third-order valence-corrected chi connectivity index (χ3v) is 1.27. The molecule has 0 spiro atoms. The average molecular weight is 188 g/mol. The molecule has 0 aliphatic carbocycles. The Morgan fingerprint density at radius 3 is 3.00 bits per heavy atom. The van der Waals surface area contributed by atoms with Crippen LogP contribution in [0, 0.1) is 0 Å². The van der Waals surface area contributed by atoms with E-state index in [1.807, 2.05) is 12.1 Å². The second kappa shape index (κ2) is 2.82. The van der Waals surface area contributed by atoms with Crippen LogP contribution in [0.4, 0.5) is 0 Å². The highest BCUT2D eigenvalue weighted by atomic mass is 79.9. The van der Waals surface area contributed by atoms with Crippen molar-refractivity contribution < 1.29 is 4.79 Å². The molecule has 1 aromatic rings. The lowest BCUT2D eigenvalue weighted by Crippen LogP contribution is -1.91. The third kappa shape index (κ3) is 2.01. The quantitative estimate of drug-likeness (QED) is 0.700. The highest BCUT2D eigenvalue weighted by Crippen LogP contribution is 1.98. The summed E-state index contributed by atoms with van der Waals surface area (Å²) in [6.45, 7) is 0. The molecule has 48 valence electrons. The number of hydrogen-bond donors (Lipinski definition) is 1. The number of aromatic nitrogens is 1. The molecule has 9 heavy (non-hydrogen) atoms. The number of hydrogen-bond acceptors (Lipinski definition) is 1. The molecule has 0 saturated heterocycles. The van der Waals surface area contributed by atoms with Crippen molar-refractivity contribution in [3.05, 3.63) is 24.0 Å². The molecule has 0 aromatic carbocycles. The van der Waals surface area contributed by atoms with E-state index < -0.39 is 0 Å². The fourth-order valence-electron chi connectivity index (χ4n) is 0.627. The molecule has 1 aromatic heterocycles. The fourth-order valence-corrected chi connectivity index (χ4v) is 0.929. The fraction of sp³-hybridized carbons (Fsp3) is 0.167. The van der Waals surface area contributed by atoms with Crippen LogP contribution in [0.5, 0.6) is 0 Å². The van der Waals surface area contributed by atoms with Gasteiger partial charge in [-0.3, -0.25) is 4.79 Å². The topological polar surface area (TPSA) is 32.9 Å². The van der Waals surface area contributed by atoms with E-state index in [4.69, 9.17) is 0 Å². The first kappa shape index (κ1) is 6.55. The summed E-state index contributed by atoms with van der Waals surface area (Å²) in [6, 6.07) is 3.74. The Hall–Kier alpha value is -0.570. The summed E-state index contributed by atoms with van der Waals surface area (Å²) in [5.41, 5.74) is 0.942. The molecule has 0 aliphatic heterocycles. The number of H-pyrrole nitrogens is 1. The Balaban J connectivity index is 2.58. The van der Waals surface area contributed by atoms with Gasteiger partial charge in [-0.25, -0.2) is 0 Å². The zero-order chi connectivity index (χ0) is 6.69. The van der Waals surface area contributed by atoms with E-state index >= 15 is 0 Å². The van der Waals surface area contributed by atoms with Gasteiger partial charge in [-0.15, -0.1) is 0 Å². The smallest absolute Gasteiger partial charge is 0.203 e. The minimum atomic E-state index is 0.00458. The number of nitrogens with one attached hydrogen (secondary N) is 1. The summed E-state index contributed by atoms with van der Waals surface area (Å²) in [7, 11) is 0. The second-order valence-corrected chi connectivity index (χ2v) is 2.61. The number of rotatable bonds is 2. The molecule has 0 radical (unpaired) electrons. The maximum Gasteiger partial charge on any atom is 0.203 e. The standard InChI is InChI=1S/C6H6BrNO/c7-6(9)4-5-2-1-3-8-5/h1-3,8H,4H2. The Kier molecular flexibility index (Phi) is 2.05. The van der Waals surface area contributed by atoms with E-state index in [1.165, 1.54) is 0 Å². The second-order valence-electron chi connectivity index (χ2n) is 1.73. The van der Waals surface area contributed by atoms with Gasteiger partial charge in [0, 0.05) is 11.9 Å². The summed E-state index contributed by atoms with van der Waals surface area (Å²) in [5, 5.41) is 0. The van der Waals surface area contributed by atoms with Crippen molar-refractivity contribution in [3.63, 3.8) is 0 Å². The lowest BCUT2D eigenvalue weighted by Gasteiger charge is -1.86. The summed E-state index contributed by atoms with van der Waals surface area (Å²) in [4.78, 5) is 13.3. The zero-order valence-corrected chi connectivity index (χ0v) is 6.31. The summed E-state index contributed by atoms with van der Waals surface area (Å²) < 4.78 is 0.00458. The van der Waals surface area contributed by atoms with Crippen LogP contribution in [0.3, 0.4) is 0 Å². The molecule has 0 aliphatic rings. The molecule has 1 N–H and O–H groups in total. The molecule has 0 amide bonds. The molecule has 1 heterocycles. The van der Waals surface area contributed by atoms with Crippen LogP contribution in [0.15, 0.2) is 18.3 Å². The molecule has 1 rings (SSSR count). The van der Waals surface area contributed by atoms with Gasteiger partial charge < -0.3 is 4.98 Å². The minimum Gasteiger partial charge on any atom is -0.365 e. The molecular formula is C6H6BrNO. The van der Waals surface area contributed by atoms with Crippen molar-refractivity contribution in [2.45, 2.75) is 6.42 Å². The van der Waals surface area contributed by atoms with Crippen LogP contribution in [-0.4, -0.2) is 9.68 Å². The van der Waals surface area contributed by atoms with Crippen LogP contribution in [0.2, 0.25) is 0 Å². The van der Waals surface area contributed by atoms with E-state index in [2.05, 4.69) is 20.9 Å². The van der Waals surface area contributed by atoms with Crippen molar-refractivity contribution in [2.75, 3.05) is 0 Å². The van der Waals surface area contributed by atoms with Crippen molar-refractivity contribution in [3.8, 4) is 0 Å². The molecule has 0 atom stereocenters. The van der Waals surface area contributed by atoms with Gasteiger partial charge in [0.15, 0.2) is 0 Å². The van der Waals surface area contributed by atoms with Gasteiger partial charge in [-0.2, -0.15) is 0 Å². The Bertz CT molecular complexity index is 193. The van der Waals surface area contributed by atoms with Crippen molar-refractivity contribution in [1.82, 2.24) is 4.98 Å². The largest absolute Gasteiger partial charge is 0.365 e. The van der Waals surface area contributed by atoms with E-state index in [1.54, 1.807) is 6.20 Å². The van der Waals surface area contributed by atoms with E-state index in [-0.39, 0.29) is 4.69 Å².